The maximum Gasteiger partial charge on any atom is 0.434 e. The molecule has 16 heteroatoms. The lowest BCUT2D eigenvalue weighted by Crippen LogP contribution is -2.85. The molecule has 6 N–H and O–H groups in total. The van der Waals surface area contributed by atoms with E-state index in [1.165, 1.54) is 45.2 Å². The highest BCUT2D eigenvalue weighted by molar-refractivity contribution is 6.04. The molecule has 0 radical (unpaired) electrons. The van der Waals surface area contributed by atoms with Crippen molar-refractivity contribution in [2.75, 3.05) is 13.1 Å². The van der Waals surface area contributed by atoms with Crippen LogP contribution in [0.1, 0.15) is 54.8 Å². The van der Waals surface area contributed by atoms with Gasteiger partial charge in [-0.05, 0) is 68.7 Å². The van der Waals surface area contributed by atoms with Gasteiger partial charge in [0.2, 0.25) is 0 Å². The third-order valence-electron chi connectivity index (χ3n) is 7.26. The van der Waals surface area contributed by atoms with Gasteiger partial charge in [0.25, 0.3) is 11.8 Å². The summed E-state index contributed by atoms with van der Waals surface area (Å²) in [6, 6.07) is 8.28. The number of hydrogen-bond donors (Lipinski definition) is 4. The van der Waals surface area contributed by atoms with E-state index < -0.39 is 76.7 Å². The number of halogens is 6. The molecule has 3 aromatic rings. The highest BCUT2D eigenvalue weighted by Crippen LogP contribution is 2.32. The number of benzene rings is 2. The zero-order valence-corrected chi connectivity index (χ0v) is 26.6. The van der Waals surface area contributed by atoms with E-state index in [4.69, 9.17) is 15.9 Å². The van der Waals surface area contributed by atoms with Crippen molar-refractivity contribution in [1.82, 2.24) is 15.2 Å². The van der Waals surface area contributed by atoms with E-state index in [0.29, 0.717) is 16.5 Å². The standard InChI is InChI=1S/C33H32F6N6O4/c1-32(2,3)49-31(48)45-10-8-24(28(45)29(40)33(37,38)39)43-16-26(46)44-25(13-17-11-19(34)15-20(35)12-17)27-21(5-4-9-42-27)18-6-7-23(36)22(14-18)30(41)47/h4-7,9,11-12,14-15,25,40,43H,8,10,13,16H2,1-3H3,(H2,41,47)(H,44,46)/p+1/t25-/m0/s1. The number of pyridine rings is 1. The topological polar surface area (TPSA) is 155 Å². The molecular weight excluding hydrogens is 658 g/mol. The van der Waals surface area contributed by atoms with Gasteiger partial charge in [-0.1, -0.05) is 12.1 Å². The van der Waals surface area contributed by atoms with Gasteiger partial charge in [0.05, 0.1) is 17.3 Å². The summed E-state index contributed by atoms with van der Waals surface area (Å²) in [4.78, 5) is 43.0. The van der Waals surface area contributed by atoms with E-state index in [-0.39, 0.29) is 41.9 Å². The number of carbonyl (C=O) groups is 3. The van der Waals surface area contributed by atoms with Crippen LogP contribution < -0.4 is 16.4 Å². The van der Waals surface area contributed by atoms with E-state index in [9.17, 15) is 40.7 Å². The molecule has 0 saturated heterocycles. The van der Waals surface area contributed by atoms with Gasteiger partial charge in [-0.2, -0.15) is 13.2 Å². The highest BCUT2D eigenvalue weighted by atomic mass is 19.4. The lowest BCUT2D eigenvalue weighted by molar-refractivity contribution is -0.596. The van der Waals surface area contributed by atoms with Gasteiger partial charge in [0, 0.05) is 30.8 Å². The number of carbonyl (C=O) groups excluding carboxylic acids is 3. The molecule has 2 heterocycles. The zero-order chi connectivity index (χ0) is 36.3. The van der Waals surface area contributed by atoms with Crippen LogP contribution >= 0.6 is 0 Å². The predicted octanol–water partition coefficient (Wildman–Crippen LogP) is 4.66. The first kappa shape index (κ1) is 36.6. The van der Waals surface area contributed by atoms with Gasteiger partial charge < -0.3 is 21.1 Å². The zero-order valence-electron chi connectivity index (χ0n) is 26.6. The summed E-state index contributed by atoms with van der Waals surface area (Å²) in [5.41, 5.74) is 2.10. The minimum atomic E-state index is -5.11. The minimum absolute atomic E-state index is 0.0871. The quantitative estimate of drug-likeness (QED) is 0.180. The van der Waals surface area contributed by atoms with Crippen molar-refractivity contribution >= 4 is 23.6 Å². The molecule has 1 aromatic heterocycles. The van der Waals surface area contributed by atoms with Crippen LogP contribution in [0.2, 0.25) is 0 Å². The monoisotopic (exact) mass is 691 g/mol. The van der Waals surface area contributed by atoms with Gasteiger partial charge in [-0.15, -0.1) is 0 Å². The molecule has 1 atom stereocenters. The summed E-state index contributed by atoms with van der Waals surface area (Å²) in [5.74, 6) is -4.44. The van der Waals surface area contributed by atoms with Gasteiger partial charge in [-0.3, -0.25) is 24.9 Å². The Balaban J connectivity index is 1.67. The molecule has 3 amide bonds. The van der Waals surface area contributed by atoms with Crippen molar-refractivity contribution in [3.63, 3.8) is 0 Å². The van der Waals surface area contributed by atoms with Crippen LogP contribution in [0.15, 0.2) is 66.1 Å². The number of nitrogens with two attached hydrogens (primary N) is 2. The van der Waals surface area contributed by atoms with Crippen LogP contribution in [-0.2, 0) is 16.0 Å². The largest absolute Gasteiger partial charge is 0.443 e. The van der Waals surface area contributed by atoms with Gasteiger partial charge in [-0.25, -0.2) is 18.0 Å². The van der Waals surface area contributed by atoms with Crippen LogP contribution in [-0.4, -0.2) is 58.4 Å². The number of aromatic nitrogens is 1. The molecule has 0 spiro atoms. The molecule has 0 bridgehead atoms. The SMILES string of the molecule is CC(C)(C)OC(=O)N1CCC([NH2+]CC(=O)N[C@@H](Cc2cc(F)cc(F)c2)c2ncccc2-c2ccc(F)c(C(N)=O)c2)=C1C(=N)C(F)(F)F. The molecule has 49 heavy (non-hydrogen) atoms. The summed E-state index contributed by atoms with van der Waals surface area (Å²) in [7, 11) is 0. The van der Waals surface area contributed by atoms with Crippen LogP contribution in [0.3, 0.4) is 0 Å². The second-order valence-corrected chi connectivity index (χ2v) is 12.1. The highest BCUT2D eigenvalue weighted by Gasteiger charge is 2.46. The fourth-order valence-electron chi connectivity index (χ4n) is 5.23. The van der Waals surface area contributed by atoms with Crippen LogP contribution in [0.4, 0.5) is 31.1 Å². The molecule has 10 nitrogen and oxygen atoms in total. The van der Waals surface area contributed by atoms with Crippen molar-refractivity contribution in [2.45, 2.75) is 51.4 Å². The molecule has 4 rings (SSSR count). The van der Waals surface area contributed by atoms with Crippen molar-refractivity contribution in [3.05, 3.63) is 100 Å². The summed E-state index contributed by atoms with van der Waals surface area (Å²) in [6.07, 6.45) is -5.15. The van der Waals surface area contributed by atoms with Crippen molar-refractivity contribution in [1.29, 1.82) is 5.41 Å². The fourth-order valence-corrected chi connectivity index (χ4v) is 5.23. The maximum absolute atomic E-state index is 14.3. The summed E-state index contributed by atoms with van der Waals surface area (Å²) < 4.78 is 88.9. The number of hydrogen-bond acceptors (Lipinski definition) is 6. The van der Waals surface area contributed by atoms with Crippen molar-refractivity contribution < 1.29 is 50.8 Å². The Morgan fingerprint density at radius 1 is 1.06 bits per heavy atom. The Morgan fingerprint density at radius 2 is 1.73 bits per heavy atom. The molecule has 2 aromatic carbocycles. The lowest BCUT2D eigenvalue weighted by Gasteiger charge is -2.26. The van der Waals surface area contributed by atoms with E-state index in [1.54, 1.807) is 6.07 Å². The second kappa shape index (κ2) is 14.5. The van der Waals surface area contributed by atoms with Gasteiger partial charge in [0.1, 0.15) is 34.4 Å². The molecule has 0 aliphatic carbocycles. The first-order valence-corrected chi connectivity index (χ1v) is 14.9. The Labute approximate surface area is 276 Å². The van der Waals surface area contributed by atoms with Crippen LogP contribution in [0.5, 0.6) is 0 Å². The number of allylic oxidation sites excluding steroid dienone is 1. The first-order chi connectivity index (χ1) is 22.8. The second-order valence-electron chi connectivity index (χ2n) is 12.1. The predicted molar refractivity (Wildman–Crippen MR) is 164 cm³/mol. The van der Waals surface area contributed by atoms with Gasteiger partial charge in [0.15, 0.2) is 12.3 Å². The Kier molecular flexibility index (Phi) is 10.8. The number of nitrogens with one attached hydrogen (secondary N) is 2. The summed E-state index contributed by atoms with van der Waals surface area (Å²) in [6.45, 7) is 3.85. The number of quaternary nitrogens is 1. The number of alkyl halides is 3. The Morgan fingerprint density at radius 3 is 2.35 bits per heavy atom. The number of amides is 3. The van der Waals surface area contributed by atoms with Gasteiger partial charge >= 0.3 is 12.3 Å². The maximum atomic E-state index is 14.3. The van der Waals surface area contributed by atoms with E-state index in [1.807, 2.05) is 0 Å². The van der Waals surface area contributed by atoms with E-state index in [0.717, 1.165) is 23.5 Å². The molecule has 1 aliphatic heterocycles. The molecule has 0 fully saturated rings. The lowest BCUT2D eigenvalue weighted by atomic mass is 9.94. The first-order valence-electron chi connectivity index (χ1n) is 14.9. The number of primary amides is 1. The number of nitrogens with zero attached hydrogens (tertiary/aromatic N) is 2. The summed E-state index contributed by atoms with van der Waals surface area (Å²) in [5, 5.41) is 11.6. The van der Waals surface area contributed by atoms with Crippen molar-refractivity contribution in [3.8, 4) is 11.1 Å². The van der Waals surface area contributed by atoms with Crippen molar-refractivity contribution in [2.24, 2.45) is 5.73 Å². The third-order valence-corrected chi connectivity index (χ3v) is 7.26. The van der Waals surface area contributed by atoms with E-state index >= 15 is 0 Å². The number of ether oxygens (including phenoxy) is 1. The third kappa shape index (κ3) is 9.22. The van der Waals surface area contributed by atoms with E-state index in [2.05, 4.69) is 10.3 Å². The average Bonchev–Trinajstić information content (AvgIpc) is 3.41. The number of rotatable bonds is 10. The molecular formula is C33H33F6N6O4+. The molecule has 1 aliphatic rings. The molecule has 0 unspecified atom stereocenters. The molecule has 0 saturated carbocycles. The minimum Gasteiger partial charge on any atom is -0.443 e. The van der Waals surface area contributed by atoms with Crippen LogP contribution in [0.25, 0.3) is 11.1 Å². The summed E-state index contributed by atoms with van der Waals surface area (Å²) >= 11 is 0. The average molecular weight is 692 g/mol. The Hall–Kier alpha value is -5.25. The molecule has 260 valence electrons. The Bertz CT molecular complexity index is 1800. The van der Waals surface area contributed by atoms with Crippen LogP contribution in [0, 0.1) is 22.9 Å². The smallest absolute Gasteiger partial charge is 0.434 e. The fraction of sp³-hybridized carbons (Fsp3) is 0.303. The normalized spacial score (nSPS) is 14.1.